The van der Waals surface area contributed by atoms with Crippen LogP contribution in [0.25, 0.3) is 0 Å². The molecule has 16 fully saturated rings. The van der Waals surface area contributed by atoms with Gasteiger partial charge in [0.25, 0.3) is 0 Å². The number of aromatic carboxylic acids is 4. The van der Waals surface area contributed by atoms with Crippen molar-refractivity contribution in [3.05, 3.63) is 166 Å². The summed E-state index contributed by atoms with van der Waals surface area (Å²) >= 11 is 0. The fourth-order valence-electron chi connectivity index (χ4n) is 29.3. The molecule has 16 saturated carbocycles. The average Bonchev–Trinajstić information content (AvgIpc) is 0.699. The molecule has 16 aliphatic rings. The Labute approximate surface area is 613 Å². The largest absolute Gasteiger partial charge is 0.478 e. The van der Waals surface area contributed by atoms with E-state index in [0.29, 0.717) is 90.0 Å². The number of hydrogen-bond donors (Lipinski definition) is 4. The van der Waals surface area contributed by atoms with Crippen molar-refractivity contribution in [3.8, 4) is 46.0 Å². The minimum Gasteiger partial charge on any atom is -0.478 e. The molecule has 4 N–H and O–H groups in total. The molecule has 540 valence electrons. The smallest absolute Gasteiger partial charge is 0.335 e. The molecular formula is C88H102Cl2O12. The van der Waals surface area contributed by atoms with Gasteiger partial charge in [-0.15, -0.1) is 24.8 Å². The van der Waals surface area contributed by atoms with Crippen LogP contribution in [0.15, 0.2) is 121 Å². The number of hydrogen-bond acceptors (Lipinski definition) is 8. The molecule has 0 radical (unpaired) electrons. The van der Waals surface area contributed by atoms with E-state index in [0.717, 1.165) is 74.4 Å². The molecule has 0 aromatic heterocycles. The minimum absolute atomic E-state index is 0. The van der Waals surface area contributed by atoms with Crippen molar-refractivity contribution >= 4 is 48.7 Å². The van der Waals surface area contributed by atoms with E-state index in [2.05, 4.69) is 79.7 Å². The van der Waals surface area contributed by atoms with Gasteiger partial charge in [-0.25, -0.2) is 19.2 Å². The van der Waals surface area contributed by atoms with E-state index in [-0.39, 0.29) is 68.7 Å². The molecule has 0 spiro atoms. The highest BCUT2D eigenvalue weighted by molar-refractivity contribution is 5.89. The molecule has 16 aliphatic carbocycles. The third kappa shape index (κ3) is 12.3. The van der Waals surface area contributed by atoms with Crippen molar-refractivity contribution in [2.45, 2.75) is 231 Å². The standard InChI is InChI=1S/2C44H50O6.2ClH/c2*1-39-15-27-16-40(2,21-39)24-43(19-27,23-39)33-13-34(44-20-28-17-41(3,25-44)22-42(4,18-28)26-44)36(50-32-11-7-30(8-12-32)38(47)48)14-35(33)49-31-9-5-29(6-10-31)37(45)46;;/h2*5-14,27-28H,15-26H2,1-4H3,(H,45,46)(H,47,48);2*1H. The van der Waals surface area contributed by atoms with Gasteiger partial charge in [-0.1, -0.05) is 55.4 Å². The Balaban J connectivity index is 0.000000162. The fraction of sp³-hybridized carbons (Fsp3) is 0.545. The highest BCUT2D eigenvalue weighted by Gasteiger charge is 2.66. The third-order valence-electron chi connectivity index (χ3n) is 28.3. The maximum Gasteiger partial charge on any atom is 0.335 e. The number of carboxylic acids is 4. The van der Waals surface area contributed by atoms with Gasteiger partial charge < -0.3 is 39.4 Å². The zero-order valence-electron chi connectivity index (χ0n) is 60.7. The number of carboxylic acid groups (broad SMARTS) is 4. The Morgan fingerprint density at radius 2 is 0.431 bits per heavy atom. The summed E-state index contributed by atoms with van der Waals surface area (Å²) in [6.45, 7) is 20.2. The highest BCUT2D eigenvalue weighted by Crippen LogP contribution is 2.76. The molecule has 0 heterocycles. The Morgan fingerprint density at radius 1 is 0.265 bits per heavy atom. The van der Waals surface area contributed by atoms with E-state index >= 15 is 0 Å². The van der Waals surface area contributed by atoms with E-state index < -0.39 is 23.9 Å². The van der Waals surface area contributed by atoms with Crippen LogP contribution in [0.5, 0.6) is 46.0 Å². The molecule has 8 unspecified atom stereocenters. The van der Waals surface area contributed by atoms with Gasteiger partial charge >= 0.3 is 23.9 Å². The van der Waals surface area contributed by atoms with E-state index in [9.17, 15) is 39.6 Å². The van der Waals surface area contributed by atoms with Gasteiger partial charge in [0.05, 0.1) is 22.3 Å². The quantitative estimate of drug-likeness (QED) is 0.0720. The van der Waals surface area contributed by atoms with E-state index in [4.69, 9.17) is 18.9 Å². The van der Waals surface area contributed by atoms with E-state index in [1.165, 1.54) is 125 Å². The van der Waals surface area contributed by atoms with Crippen LogP contribution in [0.1, 0.15) is 273 Å². The van der Waals surface area contributed by atoms with Crippen molar-refractivity contribution in [2.75, 3.05) is 0 Å². The van der Waals surface area contributed by atoms with Crippen LogP contribution < -0.4 is 18.9 Å². The second-order valence-corrected chi connectivity index (χ2v) is 39.1. The van der Waals surface area contributed by atoms with E-state index in [1.54, 1.807) is 97.1 Å². The molecule has 0 amide bonds. The predicted octanol–water partition coefficient (Wildman–Crippen LogP) is 23.2. The second-order valence-electron chi connectivity index (χ2n) is 39.1. The van der Waals surface area contributed by atoms with E-state index in [1.807, 2.05) is 0 Å². The Morgan fingerprint density at radius 3 is 0.578 bits per heavy atom. The second kappa shape index (κ2) is 23.7. The minimum atomic E-state index is -0.959. The zero-order chi connectivity index (χ0) is 69.8. The third-order valence-corrected chi connectivity index (χ3v) is 28.3. The van der Waals surface area contributed by atoms with Crippen LogP contribution in [0.3, 0.4) is 0 Å². The van der Waals surface area contributed by atoms with Crippen molar-refractivity contribution in [1.29, 1.82) is 0 Å². The van der Waals surface area contributed by atoms with Gasteiger partial charge in [-0.05, 0) is 330 Å². The monoisotopic (exact) mass is 1420 g/mol. The molecule has 6 aromatic carbocycles. The molecule has 16 bridgehead atoms. The Bertz CT molecular complexity index is 3770. The summed E-state index contributed by atoms with van der Waals surface area (Å²) in [4.78, 5) is 46.7. The van der Waals surface area contributed by atoms with Crippen LogP contribution in [0.4, 0.5) is 0 Å². The molecule has 102 heavy (non-hydrogen) atoms. The number of benzene rings is 6. The molecule has 0 aliphatic heterocycles. The van der Waals surface area contributed by atoms with Crippen LogP contribution >= 0.6 is 24.8 Å². The van der Waals surface area contributed by atoms with Crippen LogP contribution in [-0.4, -0.2) is 44.3 Å². The lowest BCUT2D eigenvalue weighted by Gasteiger charge is -2.66. The maximum atomic E-state index is 11.7. The predicted molar refractivity (Wildman–Crippen MR) is 398 cm³/mol. The van der Waals surface area contributed by atoms with Gasteiger partial charge in [-0.2, -0.15) is 0 Å². The molecule has 0 saturated heterocycles. The molecule has 14 heteroatoms. The van der Waals surface area contributed by atoms with Gasteiger partial charge in [0, 0.05) is 56.0 Å². The Kier molecular flexibility index (Phi) is 16.4. The summed E-state index contributed by atoms with van der Waals surface area (Å²) in [6, 6.07) is 36.3. The van der Waals surface area contributed by atoms with Crippen LogP contribution in [0.2, 0.25) is 0 Å². The van der Waals surface area contributed by atoms with Gasteiger partial charge in [0.2, 0.25) is 0 Å². The zero-order valence-corrected chi connectivity index (χ0v) is 62.3. The van der Waals surface area contributed by atoms with Gasteiger partial charge in [-0.3, -0.25) is 0 Å². The highest BCUT2D eigenvalue weighted by atomic mass is 35.5. The first-order chi connectivity index (χ1) is 47.1. The summed E-state index contributed by atoms with van der Waals surface area (Å²) < 4.78 is 27.6. The summed E-state index contributed by atoms with van der Waals surface area (Å²) in [7, 11) is 0. The lowest BCUT2D eigenvalue weighted by Crippen LogP contribution is -2.57. The Hall–Kier alpha value is -7.02. The summed E-state index contributed by atoms with van der Waals surface area (Å²) in [6.07, 6.45) is 29.5. The summed E-state index contributed by atoms with van der Waals surface area (Å²) in [5.74, 6) is 4.60. The normalized spacial score (nSPS) is 38.3. The van der Waals surface area contributed by atoms with Crippen molar-refractivity contribution < 1.29 is 58.6 Å². The summed E-state index contributed by atoms with van der Waals surface area (Å²) in [5, 5.41) is 38.3. The van der Waals surface area contributed by atoms with Crippen LogP contribution in [0, 0.1) is 67.0 Å². The number of ether oxygens (including phenoxy) is 4. The molecule has 22 rings (SSSR count). The average molecular weight is 1420 g/mol. The molecule has 12 nitrogen and oxygen atoms in total. The topological polar surface area (TPSA) is 186 Å². The summed E-state index contributed by atoms with van der Waals surface area (Å²) in [5.41, 5.74) is 8.52. The number of carbonyl (C=O) groups is 4. The first kappa shape index (κ1) is 70.6. The fourth-order valence-corrected chi connectivity index (χ4v) is 29.3. The molecule has 6 aromatic rings. The van der Waals surface area contributed by atoms with Crippen LogP contribution in [-0.2, 0) is 21.7 Å². The lowest BCUT2D eigenvalue weighted by molar-refractivity contribution is -0.113. The molecular weight excluding hydrogens is 1320 g/mol. The first-order valence-corrected chi connectivity index (χ1v) is 37.6. The first-order valence-electron chi connectivity index (χ1n) is 37.6. The van der Waals surface area contributed by atoms with Crippen molar-refractivity contribution in [2.24, 2.45) is 67.0 Å². The lowest BCUT2D eigenvalue weighted by atomic mass is 9.38. The van der Waals surface area contributed by atoms with Crippen molar-refractivity contribution in [3.63, 3.8) is 0 Å². The maximum absolute atomic E-state index is 11.7. The molecule has 8 atom stereocenters. The number of rotatable bonds is 16. The van der Waals surface area contributed by atoms with Crippen molar-refractivity contribution in [1.82, 2.24) is 0 Å². The SMILES string of the molecule is CC12CC3CC(C)(C1)CC(c1cc(C45CC6CC(C)(CC(C)(C6)C4)C5)c(Oc4ccc(C(=O)O)cc4)cc1Oc1ccc(C(=O)O)cc1)(C3)C2.CC12CC3CC(C)(C1)CC(c1cc(C45CC6CC(C)(CC(C)(C6)C4)C5)c(Oc4ccc(C(=O)O)cc4)cc1Oc1ccc(C(=O)O)cc1)(C3)C2.Cl.Cl. The van der Waals surface area contributed by atoms with Gasteiger partial charge in [0.15, 0.2) is 0 Å². The van der Waals surface area contributed by atoms with Gasteiger partial charge in [0.1, 0.15) is 46.0 Å². The number of halogens is 2.